The highest BCUT2D eigenvalue weighted by Gasteiger charge is 2.33. The van der Waals surface area contributed by atoms with Crippen molar-refractivity contribution in [3.05, 3.63) is 53.6 Å². The van der Waals surface area contributed by atoms with E-state index in [9.17, 15) is 18.8 Å². The molecule has 0 amide bonds. The number of anilines is 4. The number of aryl methyl sites for hydroxylation is 2. The van der Waals surface area contributed by atoms with Crippen molar-refractivity contribution < 1.29 is 18.8 Å². The molecule has 0 bridgehead atoms. The number of nitrogens with one attached hydrogen (secondary N) is 2. The van der Waals surface area contributed by atoms with Gasteiger partial charge in [0.2, 0.25) is 5.95 Å². The van der Waals surface area contributed by atoms with Crippen LogP contribution in [0.15, 0.2) is 30.7 Å². The van der Waals surface area contributed by atoms with E-state index < -0.39 is 24.4 Å². The second kappa shape index (κ2) is 8.75. The first-order valence-electron chi connectivity index (χ1n) is 11.0. The minimum absolute atomic E-state index is 0.0277. The molecule has 1 aliphatic carbocycles. The van der Waals surface area contributed by atoms with Crippen molar-refractivity contribution in [1.82, 2.24) is 29.7 Å². The third-order valence-electron chi connectivity index (χ3n) is 5.79. The highest BCUT2D eigenvalue weighted by Crippen LogP contribution is 2.47. The highest BCUT2D eigenvalue weighted by atomic mass is 19.1. The quantitative estimate of drug-likeness (QED) is 0.297. The average molecular weight is 480 g/mol. The summed E-state index contributed by atoms with van der Waals surface area (Å²) >= 11 is 0. The molecule has 1 fully saturated rings. The summed E-state index contributed by atoms with van der Waals surface area (Å²) in [6, 6.07) is 3.55. The zero-order chi connectivity index (χ0) is 24.9. The number of aromatic amines is 1. The second-order valence-electron chi connectivity index (χ2n) is 8.66. The summed E-state index contributed by atoms with van der Waals surface area (Å²) in [6.45, 7) is 1.87. The summed E-state index contributed by atoms with van der Waals surface area (Å²) in [5.41, 5.74) is 2.15. The Morgan fingerprint density at radius 3 is 2.43 bits per heavy atom. The third-order valence-corrected chi connectivity index (χ3v) is 5.79. The van der Waals surface area contributed by atoms with Crippen LogP contribution < -0.4 is 15.7 Å². The largest absolute Gasteiger partial charge is 0.488 e. The molecule has 1 saturated carbocycles. The average Bonchev–Trinajstić information content (AvgIpc) is 3.42. The number of rotatable bonds is 7. The standard InChI is InChI=1S/C22H23BF2N8O2/c1-11-6-17(31-30-11)27-21-18(12-4-5-12)19(16-9-32(2)10-26-16)28-22(29-21)33(3)20-14(24)7-13(23(34)35)8-15(20)25/h6-10,12,34-35H,4-5H2,1-3H3,(H2,27,28,29,30,31). The van der Waals surface area contributed by atoms with Gasteiger partial charge in [0.05, 0.1) is 6.33 Å². The number of aromatic nitrogens is 6. The topological polar surface area (TPSA) is 128 Å². The van der Waals surface area contributed by atoms with E-state index in [1.165, 1.54) is 11.9 Å². The van der Waals surface area contributed by atoms with E-state index in [4.69, 9.17) is 0 Å². The number of hydrogen-bond acceptors (Lipinski definition) is 8. The van der Waals surface area contributed by atoms with Crippen molar-refractivity contribution in [1.29, 1.82) is 0 Å². The Hall–Kier alpha value is -3.84. The molecular weight excluding hydrogens is 457 g/mol. The normalized spacial score (nSPS) is 13.2. The van der Waals surface area contributed by atoms with Crippen molar-refractivity contribution in [2.75, 3.05) is 17.3 Å². The Morgan fingerprint density at radius 1 is 1.17 bits per heavy atom. The smallest absolute Gasteiger partial charge is 0.423 e. The summed E-state index contributed by atoms with van der Waals surface area (Å²) in [6.07, 6.45) is 5.39. The minimum atomic E-state index is -2.00. The van der Waals surface area contributed by atoms with E-state index in [0.29, 0.717) is 23.0 Å². The maximum Gasteiger partial charge on any atom is 0.488 e. The summed E-state index contributed by atoms with van der Waals surface area (Å²) < 4.78 is 31.6. The summed E-state index contributed by atoms with van der Waals surface area (Å²) in [7, 11) is 1.28. The number of imidazole rings is 1. The van der Waals surface area contributed by atoms with Crippen molar-refractivity contribution in [3.8, 4) is 11.4 Å². The van der Waals surface area contributed by atoms with Gasteiger partial charge in [0.25, 0.3) is 0 Å². The van der Waals surface area contributed by atoms with E-state index in [1.54, 1.807) is 10.9 Å². The molecule has 0 unspecified atom stereocenters. The van der Waals surface area contributed by atoms with Gasteiger partial charge < -0.3 is 24.8 Å². The molecule has 35 heavy (non-hydrogen) atoms. The Labute approximate surface area is 199 Å². The Bertz CT molecular complexity index is 1380. The summed E-state index contributed by atoms with van der Waals surface area (Å²) in [5, 5.41) is 28.9. The van der Waals surface area contributed by atoms with Gasteiger partial charge in [-0.1, -0.05) is 0 Å². The molecule has 0 aliphatic heterocycles. The molecule has 0 radical (unpaired) electrons. The van der Waals surface area contributed by atoms with E-state index in [-0.39, 0.29) is 17.3 Å². The van der Waals surface area contributed by atoms with Crippen molar-refractivity contribution in [3.63, 3.8) is 0 Å². The van der Waals surface area contributed by atoms with Crippen LogP contribution in [0.5, 0.6) is 0 Å². The lowest BCUT2D eigenvalue weighted by atomic mass is 9.80. The zero-order valence-electron chi connectivity index (χ0n) is 19.3. The molecule has 1 aromatic carbocycles. The van der Waals surface area contributed by atoms with Crippen LogP contribution in [0.2, 0.25) is 0 Å². The van der Waals surface area contributed by atoms with Gasteiger partial charge >= 0.3 is 7.12 Å². The highest BCUT2D eigenvalue weighted by molar-refractivity contribution is 6.58. The maximum atomic E-state index is 14.9. The van der Waals surface area contributed by atoms with Crippen LogP contribution in [0, 0.1) is 18.6 Å². The van der Waals surface area contributed by atoms with Gasteiger partial charge in [-0.2, -0.15) is 10.1 Å². The molecule has 1 aliphatic rings. The fraction of sp³-hybridized carbons (Fsp3) is 0.273. The predicted molar refractivity (Wildman–Crippen MR) is 127 cm³/mol. The van der Waals surface area contributed by atoms with Crippen LogP contribution >= 0.6 is 0 Å². The van der Waals surface area contributed by atoms with Gasteiger partial charge in [0.1, 0.15) is 34.5 Å². The van der Waals surface area contributed by atoms with E-state index in [2.05, 4.69) is 30.5 Å². The molecule has 4 N–H and O–H groups in total. The monoisotopic (exact) mass is 480 g/mol. The maximum absolute atomic E-state index is 14.9. The molecule has 3 heterocycles. The van der Waals surface area contributed by atoms with Gasteiger partial charge in [0, 0.05) is 37.6 Å². The number of hydrogen-bond donors (Lipinski definition) is 4. The van der Waals surface area contributed by atoms with E-state index >= 15 is 0 Å². The van der Waals surface area contributed by atoms with Gasteiger partial charge in [0.15, 0.2) is 5.82 Å². The Balaban J connectivity index is 1.67. The number of halogens is 2. The lowest BCUT2D eigenvalue weighted by molar-refractivity contribution is 0.425. The molecule has 4 aromatic rings. The fourth-order valence-electron chi connectivity index (χ4n) is 3.95. The first kappa shape index (κ1) is 22.9. The molecule has 3 aromatic heterocycles. The first-order chi connectivity index (χ1) is 16.7. The number of nitrogens with zero attached hydrogens (tertiary/aromatic N) is 6. The molecule has 180 valence electrons. The van der Waals surface area contributed by atoms with Crippen molar-refractivity contribution in [2.24, 2.45) is 7.05 Å². The molecule has 0 atom stereocenters. The molecule has 0 spiro atoms. The molecule has 0 saturated heterocycles. The Kier molecular flexibility index (Phi) is 5.73. The number of benzene rings is 1. The SMILES string of the molecule is Cc1cc(Nc2nc(N(C)c3c(F)cc(B(O)O)cc3F)nc(-c3cn(C)cn3)c2C2CC2)n[nH]1. The van der Waals surface area contributed by atoms with E-state index in [0.717, 1.165) is 36.2 Å². The van der Waals surface area contributed by atoms with Crippen molar-refractivity contribution >= 4 is 35.9 Å². The lowest BCUT2D eigenvalue weighted by Gasteiger charge is -2.22. The van der Waals surface area contributed by atoms with Gasteiger partial charge in [-0.3, -0.25) is 5.10 Å². The number of H-pyrrole nitrogens is 1. The first-order valence-corrected chi connectivity index (χ1v) is 11.0. The summed E-state index contributed by atoms with van der Waals surface area (Å²) in [4.78, 5) is 14.9. The minimum Gasteiger partial charge on any atom is -0.423 e. The van der Waals surface area contributed by atoms with Gasteiger partial charge in [-0.15, -0.1) is 0 Å². The van der Waals surface area contributed by atoms with Crippen LogP contribution in [-0.4, -0.2) is 53.9 Å². The van der Waals surface area contributed by atoms with Crippen molar-refractivity contribution in [2.45, 2.75) is 25.7 Å². The lowest BCUT2D eigenvalue weighted by Crippen LogP contribution is -2.31. The van der Waals surface area contributed by atoms with Gasteiger partial charge in [-0.25, -0.2) is 18.7 Å². The summed E-state index contributed by atoms with van der Waals surface area (Å²) in [5.74, 6) is -0.709. The molecule has 10 nitrogen and oxygen atoms in total. The van der Waals surface area contributed by atoms with Crippen LogP contribution in [0.25, 0.3) is 11.4 Å². The Morgan fingerprint density at radius 2 is 1.89 bits per heavy atom. The van der Waals surface area contributed by atoms with Crippen LogP contribution in [0.4, 0.5) is 32.1 Å². The van der Waals surface area contributed by atoms with Crippen LogP contribution in [0.3, 0.4) is 0 Å². The molecule has 13 heteroatoms. The van der Waals surface area contributed by atoms with Crippen LogP contribution in [-0.2, 0) is 7.05 Å². The second-order valence-corrected chi connectivity index (χ2v) is 8.66. The van der Waals surface area contributed by atoms with Crippen LogP contribution in [0.1, 0.15) is 30.0 Å². The third kappa shape index (κ3) is 4.47. The fourth-order valence-corrected chi connectivity index (χ4v) is 3.95. The molecule has 5 rings (SSSR count). The predicted octanol–water partition coefficient (Wildman–Crippen LogP) is 2.26. The molecular formula is C22H23BF2N8O2. The van der Waals surface area contributed by atoms with E-state index in [1.807, 2.05) is 26.2 Å². The van der Waals surface area contributed by atoms with Gasteiger partial charge in [-0.05, 0) is 43.3 Å². The zero-order valence-corrected chi connectivity index (χ0v) is 19.3.